The average Bonchev–Trinajstić information content (AvgIpc) is 2.62. The van der Waals surface area contributed by atoms with Crippen LogP contribution in [0.2, 0.25) is 0 Å². The van der Waals surface area contributed by atoms with Gasteiger partial charge in [-0.2, -0.15) is 0 Å². The number of pyridine rings is 1. The standard InChI is InChI=1S/C19H24N4O2/c1-15(24)21(2)14-18(25)23-11-9-22(10-12-23)13-17-6-3-5-16-7-4-8-20-19(16)17/h3-8H,9-14H2,1-2H3. The zero-order valence-corrected chi connectivity index (χ0v) is 14.8. The molecule has 2 heterocycles. The van der Waals surface area contributed by atoms with Gasteiger partial charge in [0.05, 0.1) is 12.1 Å². The Bertz CT molecular complexity index is 764. The molecule has 6 nitrogen and oxygen atoms in total. The van der Waals surface area contributed by atoms with E-state index < -0.39 is 0 Å². The maximum atomic E-state index is 12.3. The fraction of sp³-hybridized carbons (Fsp3) is 0.421. The summed E-state index contributed by atoms with van der Waals surface area (Å²) >= 11 is 0. The molecule has 1 fully saturated rings. The van der Waals surface area contributed by atoms with Crippen molar-refractivity contribution in [2.45, 2.75) is 13.5 Å². The second-order valence-electron chi connectivity index (χ2n) is 6.52. The summed E-state index contributed by atoms with van der Waals surface area (Å²) in [6.07, 6.45) is 1.83. The number of carbonyl (C=O) groups is 2. The maximum absolute atomic E-state index is 12.3. The van der Waals surface area contributed by atoms with Gasteiger partial charge in [-0.15, -0.1) is 0 Å². The first kappa shape index (κ1) is 17.4. The fourth-order valence-electron chi connectivity index (χ4n) is 3.11. The molecule has 0 unspecified atom stereocenters. The van der Waals surface area contributed by atoms with E-state index in [1.54, 1.807) is 7.05 Å². The van der Waals surface area contributed by atoms with Crippen molar-refractivity contribution in [1.29, 1.82) is 0 Å². The molecule has 132 valence electrons. The van der Waals surface area contributed by atoms with Gasteiger partial charge in [-0.3, -0.25) is 19.5 Å². The summed E-state index contributed by atoms with van der Waals surface area (Å²) in [6, 6.07) is 10.3. The Kier molecular flexibility index (Phi) is 5.28. The minimum atomic E-state index is -0.0876. The highest BCUT2D eigenvalue weighted by Gasteiger charge is 2.22. The van der Waals surface area contributed by atoms with Crippen LogP contribution in [0.4, 0.5) is 0 Å². The smallest absolute Gasteiger partial charge is 0.242 e. The summed E-state index contributed by atoms with van der Waals surface area (Å²) in [5, 5.41) is 1.15. The highest BCUT2D eigenvalue weighted by atomic mass is 16.2. The summed E-state index contributed by atoms with van der Waals surface area (Å²) in [5.74, 6) is -0.0698. The van der Waals surface area contributed by atoms with E-state index in [0.29, 0.717) is 13.1 Å². The number of hydrogen-bond donors (Lipinski definition) is 0. The second kappa shape index (κ2) is 7.61. The lowest BCUT2D eigenvalue weighted by Crippen LogP contribution is -2.50. The highest BCUT2D eigenvalue weighted by molar-refractivity contribution is 5.84. The molecule has 0 radical (unpaired) electrons. The van der Waals surface area contributed by atoms with Crippen molar-refractivity contribution < 1.29 is 9.59 Å². The summed E-state index contributed by atoms with van der Waals surface area (Å²) < 4.78 is 0. The van der Waals surface area contributed by atoms with Crippen molar-refractivity contribution in [1.82, 2.24) is 19.7 Å². The molecule has 2 amide bonds. The van der Waals surface area contributed by atoms with E-state index in [1.807, 2.05) is 17.2 Å². The van der Waals surface area contributed by atoms with Gasteiger partial charge in [-0.1, -0.05) is 24.3 Å². The third-order valence-electron chi connectivity index (χ3n) is 4.75. The van der Waals surface area contributed by atoms with Crippen molar-refractivity contribution in [2.75, 3.05) is 39.8 Å². The molecule has 0 aliphatic carbocycles. The minimum absolute atomic E-state index is 0.0178. The number of aromatic nitrogens is 1. The van der Waals surface area contributed by atoms with Crippen LogP contribution < -0.4 is 0 Å². The predicted octanol–water partition coefficient (Wildman–Crippen LogP) is 1.36. The van der Waals surface area contributed by atoms with E-state index >= 15 is 0 Å². The van der Waals surface area contributed by atoms with Crippen LogP contribution in [0.25, 0.3) is 10.9 Å². The molecule has 6 heteroatoms. The van der Waals surface area contributed by atoms with Gasteiger partial charge in [0.15, 0.2) is 0 Å². The summed E-state index contributed by atoms with van der Waals surface area (Å²) in [7, 11) is 1.66. The Morgan fingerprint density at radius 1 is 1.12 bits per heavy atom. The normalized spacial score (nSPS) is 15.4. The lowest BCUT2D eigenvalue weighted by atomic mass is 10.1. The molecule has 2 aromatic rings. The molecule has 0 bridgehead atoms. The Hall–Kier alpha value is -2.47. The molecule has 25 heavy (non-hydrogen) atoms. The minimum Gasteiger partial charge on any atom is -0.339 e. The van der Waals surface area contributed by atoms with E-state index in [0.717, 1.165) is 30.5 Å². The summed E-state index contributed by atoms with van der Waals surface area (Å²) in [6.45, 7) is 5.53. The molecule has 0 atom stereocenters. The first-order chi connectivity index (χ1) is 12.0. The topological polar surface area (TPSA) is 56.8 Å². The van der Waals surface area contributed by atoms with Gasteiger partial charge in [-0.05, 0) is 11.6 Å². The van der Waals surface area contributed by atoms with E-state index in [-0.39, 0.29) is 18.4 Å². The van der Waals surface area contributed by atoms with Crippen LogP contribution in [-0.2, 0) is 16.1 Å². The number of hydrogen-bond acceptors (Lipinski definition) is 4. The molecule has 0 spiro atoms. The third-order valence-corrected chi connectivity index (χ3v) is 4.75. The van der Waals surface area contributed by atoms with Crippen LogP contribution in [0.1, 0.15) is 12.5 Å². The zero-order valence-electron chi connectivity index (χ0n) is 14.8. The molecule has 1 aliphatic rings. The Morgan fingerprint density at radius 3 is 2.56 bits per heavy atom. The maximum Gasteiger partial charge on any atom is 0.242 e. The van der Waals surface area contributed by atoms with Gasteiger partial charge < -0.3 is 9.80 Å². The van der Waals surface area contributed by atoms with Crippen LogP contribution in [0.3, 0.4) is 0 Å². The predicted molar refractivity (Wildman–Crippen MR) is 96.9 cm³/mol. The van der Waals surface area contributed by atoms with Crippen LogP contribution in [0.5, 0.6) is 0 Å². The van der Waals surface area contributed by atoms with Crippen molar-refractivity contribution in [3.8, 4) is 0 Å². The van der Waals surface area contributed by atoms with Crippen molar-refractivity contribution in [3.05, 3.63) is 42.1 Å². The van der Waals surface area contributed by atoms with Gasteiger partial charge in [0.1, 0.15) is 0 Å². The molecule has 0 N–H and O–H groups in total. The lowest BCUT2D eigenvalue weighted by molar-refractivity contribution is -0.139. The molecule has 0 saturated carbocycles. The SMILES string of the molecule is CC(=O)N(C)CC(=O)N1CCN(Cc2cccc3cccnc23)CC1. The number of piperazine rings is 1. The number of fused-ring (bicyclic) bond motifs is 1. The van der Waals surface area contributed by atoms with Gasteiger partial charge in [0.2, 0.25) is 11.8 Å². The Labute approximate surface area is 148 Å². The highest BCUT2D eigenvalue weighted by Crippen LogP contribution is 2.18. The van der Waals surface area contributed by atoms with E-state index in [9.17, 15) is 9.59 Å². The molecular formula is C19H24N4O2. The first-order valence-corrected chi connectivity index (χ1v) is 8.59. The lowest BCUT2D eigenvalue weighted by Gasteiger charge is -2.35. The molecule has 1 saturated heterocycles. The number of nitrogens with zero attached hydrogens (tertiary/aromatic N) is 4. The van der Waals surface area contributed by atoms with Crippen molar-refractivity contribution in [3.63, 3.8) is 0 Å². The fourth-order valence-corrected chi connectivity index (χ4v) is 3.11. The Morgan fingerprint density at radius 2 is 1.84 bits per heavy atom. The van der Waals surface area contributed by atoms with Crippen molar-refractivity contribution >= 4 is 22.7 Å². The largest absolute Gasteiger partial charge is 0.339 e. The van der Waals surface area contributed by atoms with Crippen LogP contribution in [-0.4, -0.2) is 71.3 Å². The number of likely N-dealkylation sites (N-methyl/N-ethyl adjacent to an activating group) is 1. The molecule has 1 aromatic carbocycles. The molecule has 1 aromatic heterocycles. The number of benzene rings is 1. The number of para-hydroxylation sites is 1. The monoisotopic (exact) mass is 340 g/mol. The van der Waals surface area contributed by atoms with E-state index in [2.05, 4.69) is 34.1 Å². The van der Waals surface area contributed by atoms with Crippen LogP contribution in [0, 0.1) is 0 Å². The number of carbonyl (C=O) groups excluding carboxylic acids is 2. The third kappa shape index (κ3) is 4.14. The summed E-state index contributed by atoms with van der Waals surface area (Å²) in [5.41, 5.74) is 2.26. The van der Waals surface area contributed by atoms with Crippen LogP contribution in [0.15, 0.2) is 36.5 Å². The van der Waals surface area contributed by atoms with Gasteiger partial charge in [0.25, 0.3) is 0 Å². The average molecular weight is 340 g/mol. The number of rotatable bonds is 4. The number of amides is 2. The van der Waals surface area contributed by atoms with Crippen LogP contribution >= 0.6 is 0 Å². The van der Waals surface area contributed by atoms with Crippen molar-refractivity contribution in [2.24, 2.45) is 0 Å². The van der Waals surface area contributed by atoms with Gasteiger partial charge >= 0.3 is 0 Å². The molecular weight excluding hydrogens is 316 g/mol. The second-order valence-corrected chi connectivity index (χ2v) is 6.52. The van der Waals surface area contributed by atoms with Gasteiger partial charge in [0, 0.05) is 58.3 Å². The first-order valence-electron chi connectivity index (χ1n) is 8.59. The quantitative estimate of drug-likeness (QED) is 0.843. The summed E-state index contributed by atoms with van der Waals surface area (Å²) in [4.78, 5) is 33.7. The van der Waals surface area contributed by atoms with E-state index in [1.165, 1.54) is 17.4 Å². The Balaban J connectivity index is 1.57. The van der Waals surface area contributed by atoms with Gasteiger partial charge in [-0.25, -0.2) is 0 Å². The van der Waals surface area contributed by atoms with E-state index in [4.69, 9.17) is 0 Å². The molecule has 3 rings (SSSR count). The zero-order chi connectivity index (χ0) is 17.8. The molecule has 1 aliphatic heterocycles.